The maximum atomic E-state index is 11.6. The van der Waals surface area contributed by atoms with Gasteiger partial charge in [-0.25, -0.2) is 4.79 Å². The maximum absolute atomic E-state index is 11.6. The molecule has 17 heavy (non-hydrogen) atoms. The zero-order chi connectivity index (χ0) is 12.8. The van der Waals surface area contributed by atoms with Gasteiger partial charge in [0.05, 0.1) is 0 Å². The smallest absolute Gasteiger partial charge is 0.326 e. The molecule has 1 rings (SSSR count). The molecule has 0 fully saturated rings. The summed E-state index contributed by atoms with van der Waals surface area (Å²) in [5, 5.41) is 15.3. The lowest BCUT2D eigenvalue weighted by atomic mass is 10.0. The van der Waals surface area contributed by atoms with Crippen molar-refractivity contribution in [1.29, 1.82) is 0 Å². The van der Waals surface area contributed by atoms with Crippen LogP contribution in [0.25, 0.3) is 0 Å². The second kappa shape index (κ2) is 6.03. The summed E-state index contributed by atoms with van der Waals surface area (Å²) in [7, 11) is 0. The number of nitrogens with zero attached hydrogens (tertiary/aromatic N) is 2. The van der Waals surface area contributed by atoms with Crippen molar-refractivity contribution in [2.75, 3.05) is 0 Å². The summed E-state index contributed by atoms with van der Waals surface area (Å²) < 4.78 is 1.45. The van der Waals surface area contributed by atoms with Crippen molar-refractivity contribution < 1.29 is 14.7 Å². The number of amides is 1. The highest BCUT2D eigenvalue weighted by Crippen LogP contribution is 2.04. The first kappa shape index (κ1) is 13.2. The van der Waals surface area contributed by atoms with E-state index in [1.54, 1.807) is 18.5 Å². The monoisotopic (exact) mass is 239 g/mol. The van der Waals surface area contributed by atoms with E-state index in [0.717, 1.165) is 0 Å². The molecular weight excluding hydrogens is 222 g/mol. The first-order valence-electron chi connectivity index (χ1n) is 5.48. The van der Waals surface area contributed by atoms with Gasteiger partial charge < -0.3 is 10.4 Å². The molecular formula is C11H17N3O3. The van der Waals surface area contributed by atoms with E-state index >= 15 is 0 Å². The van der Waals surface area contributed by atoms with Gasteiger partial charge >= 0.3 is 5.97 Å². The van der Waals surface area contributed by atoms with E-state index in [0.29, 0.717) is 6.42 Å². The number of hydrogen-bond acceptors (Lipinski definition) is 3. The van der Waals surface area contributed by atoms with Crippen molar-refractivity contribution in [3.05, 3.63) is 18.5 Å². The quantitative estimate of drug-likeness (QED) is 0.757. The van der Waals surface area contributed by atoms with Crippen LogP contribution in [0.3, 0.4) is 0 Å². The topological polar surface area (TPSA) is 84.2 Å². The first-order chi connectivity index (χ1) is 7.99. The van der Waals surface area contributed by atoms with E-state index in [2.05, 4.69) is 10.4 Å². The van der Waals surface area contributed by atoms with Gasteiger partial charge in [0.2, 0.25) is 5.91 Å². The predicted octanol–water partition coefficient (Wildman–Crippen LogP) is 0.499. The van der Waals surface area contributed by atoms with Crippen molar-refractivity contribution in [2.45, 2.75) is 32.9 Å². The fraction of sp³-hybridized carbons (Fsp3) is 0.545. The second-order valence-electron chi connectivity index (χ2n) is 4.29. The summed E-state index contributed by atoms with van der Waals surface area (Å²) >= 11 is 0. The van der Waals surface area contributed by atoms with Gasteiger partial charge in [-0.1, -0.05) is 13.8 Å². The SMILES string of the molecule is CC(C)CC(NC(=O)Cn1cccn1)C(=O)O. The second-order valence-corrected chi connectivity index (χ2v) is 4.29. The zero-order valence-corrected chi connectivity index (χ0v) is 9.96. The van der Waals surface area contributed by atoms with Crippen LogP contribution in [0.15, 0.2) is 18.5 Å². The third kappa shape index (κ3) is 4.67. The van der Waals surface area contributed by atoms with E-state index < -0.39 is 12.0 Å². The molecule has 0 aliphatic rings. The number of aliphatic carboxylic acids is 1. The Hall–Kier alpha value is -1.85. The summed E-state index contributed by atoms with van der Waals surface area (Å²) in [5.41, 5.74) is 0. The highest BCUT2D eigenvalue weighted by Gasteiger charge is 2.20. The lowest BCUT2D eigenvalue weighted by molar-refractivity contribution is -0.142. The highest BCUT2D eigenvalue weighted by molar-refractivity contribution is 5.83. The number of carboxylic acid groups (broad SMARTS) is 1. The van der Waals surface area contributed by atoms with E-state index in [4.69, 9.17) is 5.11 Å². The summed E-state index contributed by atoms with van der Waals surface area (Å²) in [6.07, 6.45) is 3.63. The number of carbonyl (C=O) groups is 2. The zero-order valence-electron chi connectivity index (χ0n) is 9.96. The van der Waals surface area contributed by atoms with Crippen LogP contribution in [-0.2, 0) is 16.1 Å². The van der Waals surface area contributed by atoms with Gasteiger partial charge in [0.1, 0.15) is 12.6 Å². The molecule has 0 saturated carbocycles. The Kier molecular flexibility index (Phi) is 4.68. The molecule has 0 saturated heterocycles. The highest BCUT2D eigenvalue weighted by atomic mass is 16.4. The molecule has 6 heteroatoms. The number of aromatic nitrogens is 2. The normalized spacial score (nSPS) is 12.4. The summed E-state index contributed by atoms with van der Waals surface area (Å²) in [6.45, 7) is 3.86. The van der Waals surface area contributed by atoms with Crippen LogP contribution in [0.4, 0.5) is 0 Å². The fourth-order valence-corrected chi connectivity index (χ4v) is 1.47. The Bertz CT molecular complexity index is 373. The van der Waals surface area contributed by atoms with Crippen molar-refractivity contribution in [2.24, 2.45) is 5.92 Å². The lowest BCUT2D eigenvalue weighted by Gasteiger charge is -2.16. The Labute approximate surface area is 99.6 Å². The van der Waals surface area contributed by atoms with Gasteiger partial charge in [0.15, 0.2) is 0 Å². The Morgan fingerprint density at radius 3 is 2.65 bits per heavy atom. The van der Waals surface area contributed by atoms with E-state index in [1.807, 2.05) is 13.8 Å². The molecule has 0 aromatic carbocycles. The third-order valence-electron chi connectivity index (χ3n) is 2.21. The van der Waals surface area contributed by atoms with Gasteiger partial charge in [0.25, 0.3) is 0 Å². The van der Waals surface area contributed by atoms with Crippen molar-refractivity contribution in [1.82, 2.24) is 15.1 Å². The molecule has 2 N–H and O–H groups in total. The van der Waals surface area contributed by atoms with E-state index in [1.165, 1.54) is 4.68 Å². The molecule has 1 aromatic rings. The predicted molar refractivity (Wildman–Crippen MR) is 61.2 cm³/mol. The molecule has 0 bridgehead atoms. The number of rotatable bonds is 6. The average molecular weight is 239 g/mol. The fourth-order valence-electron chi connectivity index (χ4n) is 1.47. The van der Waals surface area contributed by atoms with Crippen molar-refractivity contribution in [3.8, 4) is 0 Å². The Balaban J connectivity index is 2.49. The Morgan fingerprint density at radius 1 is 1.47 bits per heavy atom. The van der Waals surface area contributed by atoms with E-state index in [9.17, 15) is 9.59 Å². The largest absolute Gasteiger partial charge is 0.480 e. The van der Waals surface area contributed by atoms with Gasteiger partial charge in [-0.15, -0.1) is 0 Å². The maximum Gasteiger partial charge on any atom is 0.326 e. The molecule has 0 radical (unpaired) electrons. The average Bonchev–Trinajstić information content (AvgIpc) is 2.68. The molecule has 1 aromatic heterocycles. The van der Waals surface area contributed by atoms with Crippen LogP contribution in [0, 0.1) is 5.92 Å². The standard InChI is InChI=1S/C11H17N3O3/c1-8(2)6-9(11(16)17)13-10(15)7-14-5-3-4-12-14/h3-5,8-9H,6-7H2,1-2H3,(H,13,15)(H,16,17). The number of nitrogens with one attached hydrogen (secondary N) is 1. The molecule has 1 unspecified atom stereocenters. The van der Waals surface area contributed by atoms with E-state index in [-0.39, 0.29) is 18.4 Å². The summed E-state index contributed by atoms with van der Waals surface area (Å²) in [6, 6.07) is 0.869. The van der Waals surface area contributed by atoms with Crippen molar-refractivity contribution in [3.63, 3.8) is 0 Å². The molecule has 0 aliphatic heterocycles. The third-order valence-corrected chi connectivity index (χ3v) is 2.21. The van der Waals surface area contributed by atoms with Crippen LogP contribution in [-0.4, -0.2) is 32.8 Å². The number of hydrogen-bond donors (Lipinski definition) is 2. The van der Waals surface area contributed by atoms with Gasteiger partial charge in [-0.2, -0.15) is 5.10 Å². The first-order valence-corrected chi connectivity index (χ1v) is 5.48. The summed E-state index contributed by atoms with van der Waals surface area (Å²) in [4.78, 5) is 22.5. The Morgan fingerprint density at radius 2 is 2.18 bits per heavy atom. The minimum Gasteiger partial charge on any atom is -0.480 e. The van der Waals surface area contributed by atoms with Crippen LogP contribution in [0.1, 0.15) is 20.3 Å². The molecule has 0 spiro atoms. The molecule has 1 amide bonds. The molecule has 94 valence electrons. The van der Waals surface area contributed by atoms with Gasteiger partial charge in [-0.3, -0.25) is 9.48 Å². The molecule has 6 nitrogen and oxygen atoms in total. The summed E-state index contributed by atoms with van der Waals surface area (Å²) in [5.74, 6) is -1.14. The van der Waals surface area contributed by atoms with Gasteiger partial charge in [-0.05, 0) is 18.4 Å². The lowest BCUT2D eigenvalue weighted by Crippen LogP contribution is -2.43. The number of carbonyl (C=O) groups excluding carboxylic acids is 1. The molecule has 1 heterocycles. The number of carboxylic acids is 1. The minimum absolute atomic E-state index is 0.0366. The van der Waals surface area contributed by atoms with Crippen LogP contribution < -0.4 is 5.32 Å². The molecule has 0 aliphatic carbocycles. The van der Waals surface area contributed by atoms with Gasteiger partial charge in [0, 0.05) is 12.4 Å². The van der Waals surface area contributed by atoms with Crippen molar-refractivity contribution >= 4 is 11.9 Å². The van der Waals surface area contributed by atoms with Crippen LogP contribution >= 0.6 is 0 Å². The molecule has 1 atom stereocenters. The van der Waals surface area contributed by atoms with Crippen LogP contribution in [0.2, 0.25) is 0 Å². The van der Waals surface area contributed by atoms with Crippen LogP contribution in [0.5, 0.6) is 0 Å². The minimum atomic E-state index is -1.01.